The smallest absolute Gasteiger partial charge is 0.240 e. The number of carbonyl (C=O) groups is 2. The fraction of sp³-hybridized carbons (Fsp3) is 0.792. The summed E-state index contributed by atoms with van der Waals surface area (Å²) in [5, 5.41) is 15.2. The molecule has 32 heavy (non-hydrogen) atoms. The molecule has 2 aliphatic carbocycles. The normalized spacial score (nSPS) is 33.0. The molecule has 2 N–H and O–H groups in total. The van der Waals surface area contributed by atoms with Crippen molar-refractivity contribution in [3.63, 3.8) is 0 Å². The Morgan fingerprint density at radius 1 is 1.34 bits per heavy atom. The number of hydrogen-bond acceptors (Lipinski definition) is 6. The Labute approximate surface area is 195 Å². The van der Waals surface area contributed by atoms with Crippen LogP contribution in [0.3, 0.4) is 0 Å². The molecule has 1 aromatic heterocycles. The predicted octanol–water partition coefficient (Wildman–Crippen LogP) is 2.95. The second kappa shape index (κ2) is 9.03. The number of nitrogens with one attached hydrogen (secondary N) is 1. The van der Waals surface area contributed by atoms with Gasteiger partial charge in [0.15, 0.2) is 5.13 Å². The third-order valence-corrected chi connectivity index (χ3v) is 9.06. The van der Waals surface area contributed by atoms with Crippen molar-refractivity contribution >= 4 is 28.3 Å². The number of thiazole rings is 1. The quantitative estimate of drug-likeness (QED) is 0.703. The van der Waals surface area contributed by atoms with E-state index in [1.807, 2.05) is 30.8 Å². The molecule has 3 aliphatic rings. The number of fused-ring (bicyclic) bond motifs is 2. The number of nitrogens with zero attached hydrogens (tertiary/aromatic N) is 3. The fourth-order valence-corrected chi connectivity index (χ4v) is 7.73. The Balaban J connectivity index is 1.53. The van der Waals surface area contributed by atoms with Crippen molar-refractivity contribution in [2.24, 2.45) is 23.2 Å². The summed E-state index contributed by atoms with van der Waals surface area (Å²) in [6, 6.07) is 0. The van der Waals surface area contributed by atoms with Crippen molar-refractivity contribution in [2.75, 3.05) is 39.0 Å². The van der Waals surface area contributed by atoms with Crippen LogP contribution in [-0.2, 0) is 16.0 Å². The van der Waals surface area contributed by atoms with E-state index >= 15 is 0 Å². The average Bonchev–Trinajstić information content (AvgIpc) is 3.36. The zero-order chi connectivity index (χ0) is 23.2. The summed E-state index contributed by atoms with van der Waals surface area (Å²) in [5.41, 5.74) is 0.992. The summed E-state index contributed by atoms with van der Waals surface area (Å²) in [7, 11) is 3.74. The van der Waals surface area contributed by atoms with E-state index in [0.29, 0.717) is 11.7 Å². The minimum absolute atomic E-state index is 0.0110. The number of hydrogen-bond donors (Lipinski definition) is 2. The molecule has 0 spiro atoms. The standard InChI is InChI=1S/C24H38N4O3S/c1-14(22(31)28-10-6-7-11-28)16-8-9-24(3)12-17-20(15(2)19(24)21(16)30)26-23(32-17)25-18(29)13-27(4)5/h14-16,19,21,30H,6-13H2,1-5H3,(H,25,26,29)/t14-,15-,16-,19+,21-,24+/m0/s1. The molecule has 2 fully saturated rings. The average molecular weight is 463 g/mol. The Bertz CT molecular complexity index is 865. The molecule has 0 aromatic carbocycles. The van der Waals surface area contributed by atoms with Gasteiger partial charge in [0.05, 0.1) is 18.3 Å². The topological polar surface area (TPSA) is 85.8 Å². The summed E-state index contributed by atoms with van der Waals surface area (Å²) in [6.07, 6.45) is 4.40. The minimum atomic E-state index is -0.521. The van der Waals surface area contributed by atoms with Crippen LogP contribution in [0.5, 0.6) is 0 Å². The van der Waals surface area contributed by atoms with Crippen LogP contribution in [0.25, 0.3) is 0 Å². The molecule has 4 rings (SSSR count). The molecule has 2 amide bonds. The largest absolute Gasteiger partial charge is 0.392 e. The monoisotopic (exact) mass is 462 g/mol. The molecule has 178 valence electrons. The number of likely N-dealkylation sites (tertiary alicyclic amines) is 1. The first-order chi connectivity index (χ1) is 15.1. The lowest BCUT2D eigenvalue weighted by Crippen LogP contribution is -2.53. The van der Waals surface area contributed by atoms with Gasteiger partial charge in [-0.05, 0) is 63.5 Å². The van der Waals surface area contributed by atoms with Gasteiger partial charge in [-0.3, -0.25) is 9.59 Å². The third kappa shape index (κ3) is 4.33. The van der Waals surface area contributed by atoms with Crippen LogP contribution in [0, 0.1) is 23.2 Å². The van der Waals surface area contributed by atoms with Crippen LogP contribution < -0.4 is 5.32 Å². The highest BCUT2D eigenvalue weighted by Crippen LogP contribution is 2.57. The summed E-state index contributed by atoms with van der Waals surface area (Å²) < 4.78 is 0. The summed E-state index contributed by atoms with van der Waals surface area (Å²) in [4.78, 5) is 35.1. The van der Waals surface area contributed by atoms with Gasteiger partial charge in [0.1, 0.15) is 0 Å². The van der Waals surface area contributed by atoms with E-state index in [1.54, 1.807) is 11.3 Å². The van der Waals surface area contributed by atoms with Gasteiger partial charge in [-0.25, -0.2) is 4.98 Å². The number of aliphatic hydroxyl groups excluding tert-OH is 1. The Hall–Kier alpha value is -1.51. The van der Waals surface area contributed by atoms with Crippen molar-refractivity contribution < 1.29 is 14.7 Å². The molecular formula is C24H38N4O3S. The molecule has 1 aromatic rings. The number of anilines is 1. The molecule has 2 heterocycles. The molecular weight excluding hydrogens is 424 g/mol. The SMILES string of the molecule is C[C@H](C(=O)N1CCCC1)[C@@H]1CC[C@]2(C)Cc3sc(NC(=O)CN(C)C)nc3[C@@H](C)[C@@H]2[C@H]1O. The molecule has 8 heteroatoms. The molecule has 1 aliphatic heterocycles. The first kappa shape index (κ1) is 23.6. The predicted molar refractivity (Wildman–Crippen MR) is 127 cm³/mol. The number of aliphatic hydroxyl groups is 1. The summed E-state index contributed by atoms with van der Waals surface area (Å²) in [5.74, 6) is 0.132. The van der Waals surface area contributed by atoms with Gasteiger partial charge >= 0.3 is 0 Å². The number of carbonyl (C=O) groups excluding carboxylic acids is 2. The van der Waals surface area contributed by atoms with Gasteiger partial charge in [-0.1, -0.05) is 20.8 Å². The Morgan fingerprint density at radius 3 is 2.69 bits per heavy atom. The molecule has 0 unspecified atom stereocenters. The van der Waals surface area contributed by atoms with Crippen LogP contribution >= 0.6 is 11.3 Å². The van der Waals surface area contributed by atoms with Crippen molar-refractivity contribution in [1.82, 2.24) is 14.8 Å². The van der Waals surface area contributed by atoms with E-state index in [-0.39, 0.29) is 40.9 Å². The highest BCUT2D eigenvalue weighted by Gasteiger charge is 2.54. The maximum Gasteiger partial charge on any atom is 0.240 e. The van der Waals surface area contributed by atoms with Crippen LogP contribution in [0.1, 0.15) is 62.9 Å². The first-order valence-corrected chi connectivity index (χ1v) is 12.8. The molecule has 0 radical (unpaired) electrons. The molecule has 1 saturated heterocycles. The van der Waals surface area contributed by atoms with Crippen molar-refractivity contribution in [3.8, 4) is 0 Å². The maximum absolute atomic E-state index is 13.1. The van der Waals surface area contributed by atoms with Gasteiger partial charge < -0.3 is 20.2 Å². The number of aromatic nitrogens is 1. The third-order valence-electron chi connectivity index (χ3n) is 8.08. The zero-order valence-corrected chi connectivity index (χ0v) is 20.9. The highest BCUT2D eigenvalue weighted by molar-refractivity contribution is 7.15. The second-order valence-electron chi connectivity index (χ2n) is 10.8. The van der Waals surface area contributed by atoms with Crippen molar-refractivity contribution in [3.05, 3.63) is 10.6 Å². The highest BCUT2D eigenvalue weighted by atomic mass is 32.1. The molecule has 0 bridgehead atoms. The van der Waals surface area contributed by atoms with Crippen LogP contribution in [0.2, 0.25) is 0 Å². The molecule has 1 saturated carbocycles. The minimum Gasteiger partial charge on any atom is -0.392 e. The van der Waals surface area contributed by atoms with E-state index < -0.39 is 6.10 Å². The van der Waals surface area contributed by atoms with Gasteiger partial charge in [0.2, 0.25) is 11.8 Å². The zero-order valence-electron chi connectivity index (χ0n) is 20.1. The number of likely N-dealkylation sites (N-methyl/N-ethyl adjacent to an activating group) is 1. The van der Waals surface area contributed by atoms with Gasteiger partial charge in [-0.15, -0.1) is 11.3 Å². The Kier molecular flexibility index (Phi) is 6.67. The second-order valence-corrected chi connectivity index (χ2v) is 11.9. The number of rotatable bonds is 5. The fourth-order valence-electron chi connectivity index (χ4n) is 6.45. The van der Waals surface area contributed by atoms with Gasteiger partial charge in [0.25, 0.3) is 0 Å². The van der Waals surface area contributed by atoms with Gasteiger partial charge in [-0.2, -0.15) is 0 Å². The van der Waals surface area contributed by atoms with Crippen LogP contribution in [0.4, 0.5) is 5.13 Å². The summed E-state index contributed by atoms with van der Waals surface area (Å²) >= 11 is 1.57. The molecule has 6 atom stereocenters. The van der Waals surface area contributed by atoms with Crippen LogP contribution in [0.15, 0.2) is 0 Å². The Morgan fingerprint density at radius 2 is 2.03 bits per heavy atom. The lowest BCUT2D eigenvalue weighted by atomic mass is 9.53. The van der Waals surface area contributed by atoms with E-state index in [9.17, 15) is 14.7 Å². The van der Waals surface area contributed by atoms with E-state index in [2.05, 4.69) is 19.2 Å². The van der Waals surface area contributed by atoms with Gasteiger partial charge in [0, 0.05) is 29.8 Å². The van der Waals surface area contributed by atoms with Crippen LogP contribution in [-0.4, -0.2) is 71.5 Å². The lowest BCUT2D eigenvalue weighted by molar-refractivity contribution is -0.143. The van der Waals surface area contributed by atoms with Crippen molar-refractivity contribution in [1.29, 1.82) is 0 Å². The number of amides is 2. The maximum atomic E-state index is 13.1. The molecule has 7 nitrogen and oxygen atoms in total. The van der Waals surface area contributed by atoms with E-state index in [4.69, 9.17) is 4.98 Å². The van der Waals surface area contributed by atoms with E-state index in [1.165, 1.54) is 4.88 Å². The lowest BCUT2D eigenvalue weighted by Gasteiger charge is -2.53. The van der Waals surface area contributed by atoms with Crippen molar-refractivity contribution in [2.45, 2.75) is 64.9 Å². The first-order valence-electron chi connectivity index (χ1n) is 12.0. The summed E-state index contributed by atoms with van der Waals surface area (Å²) in [6.45, 7) is 8.49. The van der Waals surface area contributed by atoms with E-state index in [0.717, 1.165) is 50.9 Å².